The lowest BCUT2D eigenvalue weighted by molar-refractivity contribution is -0.435. The predicted octanol–water partition coefficient (Wildman–Crippen LogP) is 4.72. The standard InChI is InChI=1S/C22H33BFN2O2/c1-10-18-13(3)21(25(9)15(18)5)20(12-28-17(7)27)22-14(4)19(11-2)16(6)26(22)23(8)24/h10-12H2,1-9H3/q+1. The highest BCUT2D eigenvalue weighted by Gasteiger charge is 2.35. The lowest BCUT2D eigenvalue weighted by atomic mass is 9.89. The predicted molar refractivity (Wildman–Crippen MR) is 115 cm³/mol. The van der Waals surface area contributed by atoms with Crippen molar-refractivity contribution in [3.8, 4) is 0 Å². The summed E-state index contributed by atoms with van der Waals surface area (Å²) in [4.78, 5) is 11.6. The Morgan fingerprint density at radius 3 is 2.21 bits per heavy atom. The van der Waals surface area contributed by atoms with Crippen LogP contribution in [0.1, 0.15) is 63.6 Å². The molecule has 6 heteroatoms. The Morgan fingerprint density at radius 2 is 1.79 bits per heavy atom. The van der Waals surface area contributed by atoms with E-state index in [1.807, 2.05) is 20.9 Å². The van der Waals surface area contributed by atoms with Gasteiger partial charge in [0.05, 0.1) is 5.57 Å². The number of likely N-dealkylation sites (N-methyl/N-ethyl adjacent to an activating group) is 1. The van der Waals surface area contributed by atoms with Crippen molar-refractivity contribution in [2.75, 3.05) is 13.7 Å². The van der Waals surface area contributed by atoms with E-state index in [0.29, 0.717) is 0 Å². The van der Waals surface area contributed by atoms with E-state index in [-0.39, 0.29) is 12.6 Å². The van der Waals surface area contributed by atoms with E-state index in [2.05, 4.69) is 32.3 Å². The second-order valence-corrected chi connectivity index (χ2v) is 7.54. The van der Waals surface area contributed by atoms with Gasteiger partial charge >= 0.3 is 13.1 Å². The van der Waals surface area contributed by atoms with Crippen LogP contribution in [-0.4, -0.2) is 41.5 Å². The van der Waals surface area contributed by atoms with Crippen molar-refractivity contribution in [1.29, 1.82) is 0 Å². The van der Waals surface area contributed by atoms with Crippen molar-refractivity contribution >= 4 is 24.4 Å². The Labute approximate surface area is 168 Å². The van der Waals surface area contributed by atoms with Crippen LogP contribution in [0, 0.1) is 13.8 Å². The number of esters is 1. The first-order valence-electron chi connectivity index (χ1n) is 10.1. The van der Waals surface area contributed by atoms with Gasteiger partial charge < -0.3 is 13.5 Å². The number of allylic oxidation sites excluding steroid dienone is 2. The quantitative estimate of drug-likeness (QED) is 0.402. The summed E-state index contributed by atoms with van der Waals surface area (Å²) >= 11 is 0. The SMILES string of the molecule is CCC1=C(C)/C(=C(\COC(C)=O)c2c(C)c(CC)c(C)n2B(C)F)[N+](C)=C1C. The van der Waals surface area contributed by atoms with Crippen molar-refractivity contribution < 1.29 is 18.4 Å². The molecule has 0 spiro atoms. The fourth-order valence-corrected chi connectivity index (χ4v) is 4.65. The van der Waals surface area contributed by atoms with E-state index < -0.39 is 7.12 Å². The highest BCUT2D eigenvalue weighted by molar-refractivity contribution is 6.48. The van der Waals surface area contributed by atoms with E-state index in [0.717, 1.165) is 46.6 Å². The topological polar surface area (TPSA) is 34.2 Å². The lowest BCUT2D eigenvalue weighted by Crippen LogP contribution is -2.22. The van der Waals surface area contributed by atoms with Gasteiger partial charge in [-0.2, -0.15) is 4.58 Å². The molecule has 4 nitrogen and oxygen atoms in total. The summed E-state index contributed by atoms with van der Waals surface area (Å²) in [5.41, 5.74) is 9.49. The molecule has 1 aliphatic rings. The smallest absolute Gasteiger partial charge is 0.461 e. The Hall–Kier alpha value is -2.11. The molecule has 0 bridgehead atoms. The number of hydrogen-bond acceptors (Lipinski definition) is 2. The number of ether oxygens (including phenoxy) is 1. The maximum atomic E-state index is 14.7. The molecule has 1 aromatic heterocycles. The molecule has 0 unspecified atom stereocenters. The van der Waals surface area contributed by atoms with Gasteiger partial charge in [-0.1, -0.05) is 13.8 Å². The van der Waals surface area contributed by atoms with Crippen LogP contribution in [-0.2, 0) is 16.0 Å². The van der Waals surface area contributed by atoms with Gasteiger partial charge in [0.2, 0.25) is 5.70 Å². The Bertz CT molecular complexity index is 904. The molecule has 1 aromatic rings. The average molecular weight is 387 g/mol. The minimum absolute atomic E-state index is 0.122. The molecule has 0 radical (unpaired) electrons. The molecule has 0 fully saturated rings. The fourth-order valence-electron chi connectivity index (χ4n) is 4.65. The fraction of sp³-hybridized carbons (Fsp3) is 0.545. The summed E-state index contributed by atoms with van der Waals surface area (Å²) in [6, 6.07) is 0. The summed E-state index contributed by atoms with van der Waals surface area (Å²) < 4.78 is 24.1. The third kappa shape index (κ3) is 3.61. The third-order valence-electron chi connectivity index (χ3n) is 5.98. The van der Waals surface area contributed by atoms with E-state index in [9.17, 15) is 9.11 Å². The Kier molecular flexibility index (Phi) is 6.73. The number of carbonyl (C=O) groups is 1. The Morgan fingerprint density at radius 1 is 1.18 bits per heavy atom. The number of nitrogens with zero attached hydrogens (tertiary/aromatic N) is 2. The summed E-state index contributed by atoms with van der Waals surface area (Å²) in [6.45, 7) is 15.5. The van der Waals surface area contributed by atoms with Gasteiger partial charge in [0.25, 0.3) is 0 Å². The van der Waals surface area contributed by atoms with Gasteiger partial charge in [-0.15, -0.1) is 0 Å². The van der Waals surface area contributed by atoms with Crippen LogP contribution < -0.4 is 0 Å². The van der Waals surface area contributed by atoms with Crippen molar-refractivity contribution in [3.63, 3.8) is 0 Å². The van der Waals surface area contributed by atoms with Crippen LogP contribution in [0.15, 0.2) is 16.8 Å². The van der Waals surface area contributed by atoms with E-state index >= 15 is 0 Å². The van der Waals surface area contributed by atoms with Crippen LogP contribution in [0.5, 0.6) is 0 Å². The number of hydrogen-bond donors (Lipinski definition) is 0. The van der Waals surface area contributed by atoms with Crippen molar-refractivity contribution in [1.82, 2.24) is 4.48 Å². The molecule has 0 aliphatic carbocycles. The second kappa shape index (κ2) is 8.50. The van der Waals surface area contributed by atoms with Crippen molar-refractivity contribution in [2.24, 2.45) is 0 Å². The zero-order valence-electron chi connectivity index (χ0n) is 18.8. The van der Waals surface area contributed by atoms with Crippen LogP contribution in [0.3, 0.4) is 0 Å². The average Bonchev–Trinajstić information content (AvgIpc) is 2.99. The molecule has 1 aliphatic heterocycles. The minimum atomic E-state index is -1.17. The zero-order chi connectivity index (χ0) is 21.3. The first-order chi connectivity index (χ1) is 13.1. The zero-order valence-corrected chi connectivity index (χ0v) is 18.8. The molecule has 28 heavy (non-hydrogen) atoms. The van der Waals surface area contributed by atoms with Crippen LogP contribution in [0.4, 0.5) is 4.32 Å². The summed E-state index contributed by atoms with van der Waals surface area (Å²) in [5, 5.41) is 0. The monoisotopic (exact) mass is 387 g/mol. The van der Waals surface area contributed by atoms with Crippen LogP contribution in [0.25, 0.3) is 5.57 Å². The Balaban J connectivity index is 2.93. The van der Waals surface area contributed by atoms with Gasteiger partial charge in [0.1, 0.15) is 13.7 Å². The molecule has 0 amide bonds. The van der Waals surface area contributed by atoms with E-state index in [1.165, 1.54) is 23.8 Å². The molecule has 0 aromatic carbocycles. The van der Waals surface area contributed by atoms with Crippen LogP contribution in [0.2, 0.25) is 6.82 Å². The van der Waals surface area contributed by atoms with Gasteiger partial charge in [0.15, 0.2) is 5.71 Å². The molecule has 0 N–H and O–H groups in total. The highest BCUT2D eigenvalue weighted by Crippen LogP contribution is 2.36. The number of halogens is 1. The molecular formula is C22H33BFN2O2+. The molecule has 2 heterocycles. The summed E-state index contributed by atoms with van der Waals surface area (Å²) in [5.74, 6) is -0.340. The van der Waals surface area contributed by atoms with E-state index in [1.54, 1.807) is 11.3 Å². The number of aromatic nitrogens is 1. The second-order valence-electron chi connectivity index (χ2n) is 7.54. The van der Waals surface area contributed by atoms with Crippen molar-refractivity contribution in [2.45, 2.75) is 68.1 Å². The van der Waals surface area contributed by atoms with Crippen LogP contribution >= 0.6 is 0 Å². The number of carbonyl (C=O) groups excluding carboxylic acids is 1. The van der Waals surface area contributed by atoms with E-state index in [4.69, 9.17) is 4.74 Å². The molecule has 0 atom stereocenters. The molecule has 152 valence electrons. The number of rotatable bonds is 6. The van der Waals surface area contributed by atoms with Gasteiger partial charge in [-0.3, -0.25) is 4.79 Å². The third-order valence-corrected chi connectivity index (χ3v) is 5.98. The first kappa shape index (κ1) is 22.2. The molecule has 2 rings (SSSR count). The van der Waals surface area contributed by atoms with Gasteiger partial charge in [-0.25, -0.2) is 0 Å². The molecular weight excluding hydrogens is 354 g/mol. The highest BCUT2D eigenvalue weighted by atomic mass is 19.1. The summed E-state index contributed by atoms with van der Waals surface area (Å²) in [7, 11) is 0.855. The molecule has 0 saturated heterocycles. The van der Waals surface area contributed by atoms with Gasteiger partial charge in [-0.05, 0) is 51.6 Å². The summed E-state index contributed by atoms with van der Waals surface area (Å²) in [6.07, 6.45) is 1.75. The van der Waals surface area contributed by atoms with Gasteiger partial charge in [0, 0.05) is 36.4 Å². The first-order valence-corrected chi connectivity index (χ1v) is 10.1. The maximum Gasteiger partial charge on any atom is 0.462 e. The maximum absolute atomic E-state index is 14.7. The normalized spacial score (nSPS) is 16.2. The largest absolute Gasteiger partial charge is 0.462 e. The minimum Gasteiger partial charge on any atom is -0.461 e. The lowest BCUT2D eigenvalue weighted by Gasteiger charge is -2.16. The molecule has 0 saturated carbocycles. The van der Waals surface area contributed by atoms with Crippen molar-refractivity contribution in [3.05, 3.63) is 39.4 Å².